The number of rotatable bonds is 7. The minimum absolute atomic E-state index is 0.0456. The molecule has 32 heavy (non-hydrogen) atoms. The summed E-state index contributed by atoms with van der Waals surface area (Å²) in [6, 6.07) is 18.4. The van der Waals surface area contributed by atoms with Crippen LogP contribution in [0.25, 0.3) is 0 Å². The number of aryl methyl sites for hydroxylation is 1. The standard InChI is InChI=1S/C27H31FN2O2/c1-19(2)30(27(31)21-10-12-23(28)13-11-21)16-22-15-29(17-24-8-6-14-32-24)18-26(22)25-9-5-4-7-20(25)3/h4-14,19,22,26H,15-18H2,1-3H3/t22-,26-/m1/s1. The van der Waals surface area contributed by atoms with Crippen LogP contribution < -0.4 is 0 Å². The predicted octanol–water partition coefficient (Wildman–Crippen LogP) is 5.49. The molecule has 5 heteroatoms. The Morgan fingerprint density at radius 3 is 2.50 bits per heavy atom. The van der Waals surface area contributed by atoms with Crippen molar-refractivity contribution in [1.82, 2.24) is 9.80 Å². The van der Waals surface area contributed by atoms with Crippen molar-refractivity contribution in [2.75, 3.05) is 19.6 Å². The van der Waals surface area contributed by atoms with E-state index in [2.05, 4.69) is 36.1 Å². The first-order valence-electron chi connectivity index (χ1n) is 11.3. The molecule has 4 rings (SSSR count). The highest BCUT2D eigenvalue weighted by Crippen LogP contribution is 2.36. The SMILES string of the molecule is Cc1ccccc1[C@@H]1CN(Cc2ccco2)C[C@@H]1CN(C(=O)c1ccc(F)cc1)C(C)C. The smallest absolute Gasteiger partial charge is 0.254 e. The monoisotopic (exact) mass is 434 g/mol. The molecular weight excluding hydrogens is 403 g/mol. The van der Waals surface area contributed by atoms with Gasteiger partial charge in [0.05, 0.1) is 12.8 Å². The van der Waals surface area contributed by atoms with E-state index in [1.165, 1.54) is 23.3 Å². The molecule has 0 saturated carbocycles. The Balaban J connectivity index is 1.58. The molecule has 0 bridgehead atoms. The van der Waals surface area contributed by atoms with Gasteiger partial charge in [0.15, 0.2) is 0 Å². The van der Waals surface area contributed by atoms with Gasteiger partial charge in [-0.05, 0) is 74.2 Å². The van der Waals surface area contributed by atoms with Crippen molar-refractivity contribution >= 4 is 5.91 Å². The van der Waals surface area contributed by atoms with E-state index < -0.39 is 0 Å². The second-order valence-corrected chi connectivity index (χ2v) is 9.05. The van der Waals surface area contributed by atoms with Gasteiger partial charge in [0.2, 0.25) is 0 Å². The number of amides is 1. The molecule has 2 heterocycles. The normalized spacial score (nSPS) is 18.9. The largest absolute Gasteiger partial charge is 0.468 e. The maximum atomic E-state index is 13.4. The first-order chi connectivity index (χ1) is 15.4. The van der Waals surface area contributed by atoms with Crippen LogP contribution in [0.4, 0.5) is 4.39 Å². The van der Waals surface area contributed by atoms with Crippen molar-refractivity contribution in [3.8, 4) is 0 Å². The molecule has 2 aromatic carbocycles. The fourth-order valence-electron chi connectivity index (χ4n) is 4.79. The molecule has 0 spiro atoms. The minimum Gasteiger partial charge on any atom is -0.468 e. The van der Waals surface area contributed by atoms with Crippen molar-refractivity contribution < 1.29 is 13.6 Å². The summed E-state index contributed by atoms with van der Waals surface area (Å²) in [5.74, 6) is 1.19. The number of halogens is 1. The molecule has 1 aliphatic rings. The van der Waals surface area contributed by atoms with Crippen LogP contribution >= 0.6 is 0 Å². The molecule has 168 valence electrons. The second kappa shape index (κ2) is 9.70. The number of nitrogens with zero attached hydrogens (tertiary/aromatic N) is 2. The Morgan fingerprint density at radius 1 is 1.09 bits per heavy atom. The minimum atomic E-state index is -0.332. The second-order valence-electron chi connectivity index (χ2n) is 9.05. The van der Waals surface area contributed by atoms with Crippen LogP contribution in [0.15, 0.2) is 71.3 Å². The number of benzene rings is 2. The van der Waals surface area contributed by atoms with E-state index >= 15 is 0 Å². The molecule has 0 aliphatic carbocycles. The van der Waals surface area contributed by atoms with E-state index in [4.69, 9.17) is 4.42 Å². The Hall–Kier alpha value is -2.92. The van der Waals surface area contributed by atoms with Crippen LogP contribution in [0, 0.1) is 18.7 Å². The van der Waals surface area contributed by atoms with Crippen LogP contribution in [0.2, 0.25) is 0 Å². The molecule has 1 aliphatic heterocycles. The number of hydrogen-bond acceptors (Lipinski definition) is 3. The van der Waals surface area contributed by atoms with Gasteiger partial charge in [-0.15, -0.1) is 0 Å². The molecule has 0 N–H and O–H groups in total. The van der Waals surface area contributed by atoms with E-state index in [1.54, 1.807) is 18.4 Å². The van der Waals surface area contributed by atoms with Gasteiger partial charge in [-0.1, -0.05) is 24.3 Å². The molecule has 0 unspecified atom stereocenters. The summed E-state index contributed by atoms with van der Waals surface area (Å²) in [6.45, 7) is 9.47. The summed E-state index contributed by atoms with van der Waals surface area (Å²) in [5.41, 5.74) is 3.15. The van der Waals surface area contributed by atoms with Gasteiger partial charge in [0.1, 0.15) is 11.6 Å². The molecule has 1 saturated heterocycles. The number of carbonyl (C=O) groups excluding carboxylic acids is 1. The average molecular weight is 435 g/mol. The topological polar surface area (TPSA) is 36.7 Å². The van der Waals surface area contributed by atoms with Crippen molar-refractivity contribution in [2.45, 2.75) is 39.3 Å². The van der Waals surface area contributed by atoms with Gasteiger partial charge in [-0.25, -0.2) is 4.39 Å². The maximum Gasteiger partial charge on any atom is 0.254 e. The summed E-state index contributed by atoms with van der Waals surface area (Å²) < 4.78 is 19.0. The highest BCUT2D eigenvalue weighted by Gasteiger charge is 2.37. The maximum absolute atomic E-state index is 13.4. The highest BCUT2D eigenvalue weighted by atomic mass is 19.1. The predicted molar refractivity (Wildman–Crippen MR) is 124 cm³/mol. The van der Waals surface area contributed by atoms with Crippen LogP contribution in [0.3, 0.4) is 0 Å². The van der Waals surface area contributed by atoms with Crippen molar-refractivity contribution in [3.63, 3.8) is 0 Å². The third-order valence-electron chi connectivity index (χ3n) is 6.47. The Kier molecular flexibility index (Phi) is 6.75. The highest BCUT2D eigenvalue weighted by molar-refractivity contribution is 5.94. The van der Waals surface area contributed by atoms with Crippen molar-refractivity contribution in [1.29, 1.82) is 0 Å². The molecule has 1 amide bonds. The fraction of sp³-hybridized carbons (Fsp3) is 0.370. The third-order valence-corrected chi connectivity index (χ3v) is 6.47. The Morgan fingerprint density at radius 2 is 1.84 bits per heavy atom. The zero-order valence-corrected chi connectivity index (χ0v) is 19.0. The zero-order chi connectivity index (χ0) is 22.7. The molecule has 4 nitrogen and oxygen atoms in total. The Bertz CT molecular complexity index is 1030. The third kappa shape index (κ3) is 4.94. The first kappa shape index (κ1) is 22.3. The van der Waals surface area contributed by atoms with E-state index in [0.717, 1.165) is 25.4 Å². The summed E-state index contributed by atoms with van der Waals surface area (Å²) >= 11 is 0. The van der Waals surface area contributed by atoms with E-state index in [0.29, 0.717) is 18.0 Å². The lowest BCUT2D eigenvalue weighted by molar-refractivity contribution is 0.0668. The number of likely N-dealkylation sites (tertiary alicyclic amines) is 1. The molecular formula is C27H31FN2O2. The van der Waals surface area contributed by atoms with Gasteiger partial charge >= 0.3 is 0 Å². The molecule has 1 aromatic heterocycles. The van der Waals surface area contributed by atoms with E-state index in [-0.39, 0.29) is 23.7 Å². The van der Waals surface area contributed by atoms with Gasteiger partial charge in [0.25, 0.3) is 5.91 Å². The lowest BCUT2D eigenvalue weighted by atomic mass is 9.86. The van der Waals surface area contributed by atoms with Gasteiger partial charge in [-0.3, -0.25) is 9.69 Å². The zero-order valence-electron chi connectivity index (χ0n) is 19.0. The summed E-state index contributed by atoms with van der Waals surface area (Å²) in [5, 5.41) is 0. The van der Waals surface area contributed by atoms with Crippen LogP contribution in [0.5, 0.6) is 0 Å². The van der Waals surface area contributed by atoms with Gasteiger partial charge in [0, 0.05) is 37.2 Å². The van der Waals surface area contributed by atoms with Crippen molar-refractivity contribution in [3.05, 3.63) is 95.2 Å². The molecule has 0 radical (unpaired) electrons. The van der Waals surface area contributed by atoms with Gasteiger partial charge < -0.3 is 9.32 Å². The van der Waals surface area contributed by atoms with E-state index in [9.17, 15) is 9.18 Å². The number of furan rings is 1. The van der Waals surface area contributed by atoms with Crippen LogP contribution in [0.1, 0.15) is 47.0 Å². The van der Waals surface area contributed by atoms with Gasteiger partial charge in [-0.2, -0.15) is 0 Å². The summed E-state index contributed by atoms with van der Waals surface area (Å²) in [7, 11) is 0. The van der Waals surface area contributed by atoms with E-state index in [1.807, 2.05) is 30.9 Å². The molecule has 2 atom stereocenters. The number of hydrogen-bond donors (Lipinski definition) is 0. The van der Waals surface area contributed by atoms with Crippen LogP contribution in [-0.4, -0.2) is 41.4 Å². The quantitative estimate of drug-likeness (QED) is 0.493. The average Bonchev–Trinajstić information content (AvgIpc) is 3.42. The lowest BCUT2D eigenvalue weighted by Gasteiger charge is -2.32. The molecule has 1 fully saturated rings. The van der Waals surface area contributed by atoms with Crippen molar-refractivity contribution in [2.24, 2.45) is 5.92 Å². The first-order valence-corrected chi connectivity index (χ1v) is 11.3. The summed E-state index contributed by atoms with van der Waals surface area (Å²) in [4.78, 5) is 17.7. The molecule has 3 aromatic rings. The lowest BCUT2D eigenvalue weighted by Crippen LogP contribution is -2.42. The fourth-order valence-corrected chi connectivity index (χ4v) is 4.79. The van der Waals surface area contributed by atoms with Crippen LogP contribution in [-0.2, 0) is 6.54 Å². The Labute approximate surface area is 189 Å². The summed E-state index contributed by atoms with van der Waals surface area (Å²) in [6.07, 6.45) is 1.71. The number of carbonyl (C=O) groups is 1.